The summed E-state index contributed by atoms with van der Waals surface area (Å²) in [5.74, 6) is -0.488. The topological polar surface area (TPSA) is 75.3 Å². The first kappa shape index (κ1) is 15.0. The van der Waals surface area contributed by atoms with Crippen molar-refractivity contribution < 1.29 is 13.2 Å². The molecular formula is C12H11ClN2O3S2. The SMILES string of the molecule is O=C(CNS(=O)(=O)c1cccs1)Nc1ccccc1Cl. The lowest BCUT2D eigenvalue weighted by atomic mass is 10.3. The van der Waals surface area contributed by atoms with Crippen LogP contribution in [0.1, 0.15) is 0 Å². The summed E-state index contributed by atoms with van der Waals surface area (Å²) >= 11 is 6.97. The number of halogens is 1. The van der Waals surface area contributed by atoms with Crippen molar-refractivity contribution in [3.05, 3.63) is 46.8 Å². The third kappa shape index (κ3) is 3.80. The summed E-state index contributed by atoms with van der Waals surface area (Å²) in [5, 5.41) is 4.58. The summed E-state index contributed by atoms with van der Waals surface area (Å²) in [4.78, 5) is 11.7. The Morgan fingerprint density at radius 3 is 2.60 bits per heavy atom. The van der Waals surface area contributed by atoms with Crippen molar-refractivity contribution in [2.24, 2.45) is 0 Å². The molecule has 1 amide bonds. The van der Waals surface area contributed by atoms with E-state index in [0.717, 1.165) is 11.3 Å². The second-order valence-electron chi connectivity index (χ2n) is 3.78. The smallest absolute Gasteiger partial charge is 0.250 e. The molecule has 5 nitrogen and oxygen atoms in total. The summed E-state index contributed by atoms with van der Waals surface area (Å²) in [5.41, 5.74) is 0.439. The Balaban J connectivity index is 1.95. The number of para-hydroxylation sites is 1. The third-order valence-electron chi connectivity index (χ3n) is 2.33. The van der Waals surface area contributed by atoms with Gasteiger partial charge in [-0.15, -0.1) is 11.3 Å². The van der Waals surface area contributed by atoms with E-state index < -0.39 is 15.9 Å². The number of nitrogens with one attached hydrogen (secondary N) is 2. The van der Waals surface area contributed by atoms with E-state index in [1.165, 1.54) is 6.07 Å². The van der Waals surface area contributed by atoms with Gasteiger partial charge in [-0.25, -0.2) is 13.1 Å². The highest BCUT2D eigenvalue weighted by molar-refractivity contribution is 7.91. The first-order valence-corrected chi connectivity index (χ1v) is 8.31. The molecule has 2 N–H and O–H groups in total. The van der Waals surface area contributed by atoms with Gasteiger partial charge in [-0.05, 0) is 23.6 Å². The summed E-state index contributed by atoms with van der Waals surface area (Å²) in [6.45, 7) is -0.356. The number of benzene rings is 1. The minimum absolute atomic E-state index is 0.169. The monoisotopic (exact) mass is 330 g/mol. The third-order valence-corrected chi connectivity index (χ3v) is 5.46. The molecule has 1 aromatic carbocycles. The number of carbonyl (C=O) groups excluding carboxylic acids is 1. The van der Waals surface area contributed by atoms with Crippen molar-refractivity contribution in [2.75, 3.05) is 11.9 Å². The number of thiophene rings is 1. The molecule has 0 saturated carbocycles. The summed E-state index contributed by atoms with van der Waals surface area (Å²) in [6, 6.07) is 9.82. The zero-order chi connectivity index (χ0) is 14.6. The van der Waals surface area contributed by atoms with Gasteiger partial charge in [0.25, 0.3) is 10.0 Å². The van der Waals surface area contributed by atoms with Gasteiger partial charge < -0.3 is 5.32 Å². The standard InChI is InChI=1S/C12H11ClN2O3S2/c13-9-4-1-2-5-10(9)15-11(16)8-14-20(17,18)12-6-3-7-19-12/h1-7,14H,8H2,(H,15,16). The maximum Gasteiger partial charge on any atom is 0.250 e. The summed E-state index contributed by atoms with van der Waals surface area (Å²) in [6.07, 6.45) is 0. The number of rotatable bonds is 5. The quantitative estimate of drug-likeness (QED) is 0.883. The largest absolute Gasteiger partial charge is 0.324 e. The molecule has 1 heterocycles. The normalized spacial score (nSPS) is 11.2. The Morgan fingerprint density at radius 1 is 1.20 bits per heavy atom. The van der Waals surface area contributed by atoms with Gasteiger partial charge in [-0.3, -0.25) is 4.79 Å². The molecule has 0 fully saturated rings. The van der Waals surface area contributed by atoms with Gasteiger partial charge in [-0.1, -0.05) is 29.8 Å². The molecule has 0 radical (unpaired) electrons. The van der Waals surface area contributed by atoms with Gasteiger partial charge in [0.2, 0.25) is 5.91 Å². The molecular weight excluding hydrogens is 320 g/mol. The van der Waals surface area contributed by atoms with Crippen molar-refractivity contribution in [1.29, 1.82) is 0 Å². The molecule has 2 aromatic rings. The van der Waals surface area contributed by atoms with Gasteiger partial charge in [-0.2, -0.15) is 0 Å². The van der Waals surface area contributed by atoms with Crippen LogP contribution >= 0.6 is 22.9 Å². The van der Waals surface area contributed by atoms with Crippen LogP contribution in [0.4, 0.5) is 5.69 Å². The van der Waals surface area contributed by atoms with Crippen LogP contribution in [0.15, 0.2) is 46.0 Å². The van der Waals surface area contributed by atoms with Crippen LogP contribution in [0.2, 0.25) is 5.02 Å². The number of carbonyl (C=O) groups is 1. The first-order chi connectivity index (χ1) is 9.49. The molecule has 20 heavy (non-hydrogen) atoms. The van der Waals surface area contributed by atoms with Gasteiger partial charge in [0.1, 0.15) is 4.21 Å². The molecule has 106 valence electrons. The van der Waals surface area contributed by atoms with Crippen LogP contribution in [-0.2, 0) is 14.8 Å². The fraction of sp³-hybridized carbons (Fsp3) is 0.0833. The maximum absolute atomic E-state index is 11.8. The minimum Gasteiger partial charge on any atom is -0.324 e. The van der Waals surface area contributed by atoms with Crippen molar-refractivity contribution in [3.8, 4) is 0 Å². The number of anilines is 1. The van der Waals surface area contributed by atoms with E-state index in [1.807, 2.05) is 0 Å². The number of hydrogen-bond acceptors (Lipinski definition) is 4. The highest BCUT2D eigenvalue weighted by Gasteiger charge is 2.16. The van der Waals surface area contributed by atoms with Crippen molar-refractivity contribution in [3.63, 3.8) is 0 Å². The molecule has 0 atom stereocenters. The number of sulfonamides is 1. The van der Waals surface area contributed by atoms with Crippen molar-refractivity contribution >= 4 is 44.6 Å². The minimum atomic E-state index is -3.64. The summed E-state index contributed by atoms with van der Waals surface area (Å²) in [7, 11) is -3.64. The predicted octanol–water partition coefficient (Wildman–Crippen LogP) is 2.32. The molecule has 2 rings (SSSR count). The molecule has 0 aliphatic carbocycles. The second-order valence-corrected chi connectivity index (χ2v) is 7.13. The van der Waals surface area contributed by atoms with Crippen LogP contribution < -0.4 is 10.0 Å². The van der Waals surface area contributed by atoms with E-state index in [1.54, 1.807) is 35.7 Å². The van der Waals surface area contributed by atoms with Gasteiger partial charge in [0.05, 0.1) is 17.3 Å². The van der Waals surface area contributed by atoms with Gasteiger partial charge in [0, 0.05) is 0 Å². The fourth-order valence-corrected chi connectivity index (χ4v) is 3.61. The lowest BCUT2D eigenvalue weighted by Crippen LogP contribution is -2.32. The molecule has 8 heteroatoms. The highest BCUT2D eigenvalue weighted by Crippen LogP contribution is 2.20. The fourth-order valence-electron chi connectivity index (χ4n) is 1.41. The Morgan fingerprint density at radius 2 is 1.95 bits per heavy atom. The molecule has 0 aliphatic rings. The molecule has 0 saturated heterocycles. The number of amides is 1. The van der Waals surface area contributed by atoms with Crippen LogP contribution in [0.25, 0.3) is 0 Å². The molecule has 0 aliphatic heterocycles. The van der Waals surface area contributed by atoms with Crippen LogP contribution in [0.5, 0.6) is 0 Å². The van der Waals surface area contributed by atoms with E-state index in [9.17, 15) is 13.2 Å². The molecule has 1 aromatic heterocycles. The Kier molecular flexibility index (Phi) is 4.77. The Bertz CT molecular complexity index is 699. The molecule has 0 bridgehead atoms. The lowest BCUT2D eigenvalue weighted by Gasteiger charge is -2.07. The number of hydrogen-bond donors (Lipinski definition) is 2. The Hall–Kier alpha value is -1.41. The van der Waals surface area contributed by atoms with Crippen LogP contribution in [0, 0.1) is 0 Å². The van der Waals surface area contributed by atoms with Crippen molar-refractivity contribution in [1.82, 2.24) is 4.72 Å². The van der Waals surface area contributed by atoms with E-state index >= 15 is 0 Å². The average Bonchev–Trinajstić information content (AvgIpc) is 2.94. The zero-order valence-corrected chi connectivity index (χ0v) is 12.6. The zero-order valence-electron chi connectivity index (χ0n) is 10.2. The van der Waals surface area contributed by atoms with Gasteiger partial charge >= 0.3 is 0 Å². The highest BCUT2D eigenvalue weighted by atomic mass is 35.5. The van der Waals surface area contributed by atoms with E-state index in [-0.39, 0.29) is 10.8 Å². The van der Waals surface area contributed by atoms with Crippen LogP contribution in [0.3, 0.4) is 0 Å². The van der Waals surface area contributed by atoms with E-state index in [0.29, 0.717) is 10.7 Å². The maximum atomic E-state index is 11.8. The second kappa shape index (κ2) is 6.36. The predicted molar refractivity (Wildman–Crippen MR) is 79.6 cm³/mol. The lowest BCUT2D eigenvalue weighted by molar-refractivity contribution is -0.115. The van der Waals surface area contributed by atoms with Gasteiger partial charge in [0.15, 0.2) is 0 Å². The Labute approximate surface area is 125 Å². The van der Waals surface area contributed by atoms with Crippen LogP contribution in [-0.4, -0.2) is 20.9 Å². The summed E-state index contributed by atoms with van der Waals surface area (Å²) < 4.78 is 26.0. The van der Waals surface area contributed by atoms with Crippen molar-refractivity contribution in [2.45, 2.75) is 4.21 Å². The van der Waals surface area contributed by atoms with E-state index in [2.05, 4.69) is 10.0 Å². The van der Waals surface area contributed by atoms with E-state index in [4.69, 9.17) is 11.6 Å². The molecule has 0 spiro atoms. The molecule has 0 unspecified atom stereocenters. The first-order valence-electron chi connectivity index (χ1n) is 5.56. The average molecular weight is 331 g/mol.